The summed E-state index contributed by atoms with van der Waals surface area (Å²) in [5.41, 5.74) is 4.53. The van der Waals surface area contributed by atoms with Crippen molar-refractivity contribution in [2.24, 2.45) is 5.92 Å². The number of likely N-dealkylation sites (tertiary alicyclic amines) is 1. The number of carbonyl (C=O) groups excluding carboxylic acids is 1. The number of aromatic nitrogens is 2. The highest BCUT2D eigenvalue weighted by Crippen LogP contribution is 2.36. The average molecular weight is 569 g/mol. The van der Waals surface area contributed by atoms with Gasteiger partial charge in [0.05, 0.1) is 31.5 Å². The molecule has 8 nitrogen and oxygen atoms in total. The van der Waals surface area contributed by atoms with Gasteiger partial charge in [0, 0.05) is 42.8 Å². The van der Waals surface area contributed by atoms with Crippen LogP contribution < -0.4 is 14.8 Å². The predicted molar refractivity (Wildman–Crippen MR) is 166 cm³/mol. The molecule has 42 heavy (non-hydrogen) atoms. The molecule has 4 aromatic rings. The van der Waals surface area contributed by atoms with Crippen LogP contribution >= 0.6 is 0 Å². The van der Waals surface area contributed by atoms with Crippen LogP contribution in [0.2, 0.25) is 0 Å². The number of benzene rings is 3. The molecule has 0 saturated carbocycles. The fourth-order valence-electron chi connectivity index (χ4n) is 5.40. The van der Waals surface area contributed by atoms with Crippen LogP contribution in [0.3, 0.4) is 0 Å². The third-order valence-corrected chi connectivity index (χ3v) is 7.87. The highest BCUT2D eigenvalue weighted by molar-refractivity contribution is 5.95. The van der Waals surface area contributed by atoms with E-state index in [4.69, 9.17) is 14.2 Å². The third-order valence-electron chi connectivity index (χ3n) is 7.87. The van der Waals surface area contributed by atoms with E-state index in [-0.39, 0.29) is 5.91 Å². The Kier molecular flexibility index (Phi) is 10.4. The van der Waals surface area contributed by atoms with E-state index in [1.807, 2.05) is 54.6 Å². The monoisotopic (exact) mass is 568 g/mol. The second kappa shape index (κ2) is 14.8. The van der Waals surface area contributed by atoms with Gasteiger partial charge in [-0.2, -0.15) is 0 Å². The number of nitrogens with zero attached hydrogens (tertiary/aromatic N) is 3. The molecule has 8 heteroatoms. The Morgan fingerprint density at radius 2 is 1.76 bits per heavy atom. The van der Waals surface area contributed by atoms with Gasteiger partial charge < -0.3 is 24.4 Å². The van der Waals surface area contributed by atoms with Gasteiger partial charge in [-0.3, -0.25) is 4.79 Å². The number of methoxy groups -OCH3 is 2. The molecule has 1 fully saturated rings. The number of hydrogen-bond acceptors (Lipinski definition) is 7. The molecule has 220 valence electrons. The van der Waals surface area contributed by atoms with Crippen molar-refractivity contribution in [3.05, 3.63) is 78.6 Å². The molecular formula is C34H40N4O4. The first-order valence-electron chi connectivity index (χ1n) is 14.7. The van der Waals surface area contributed by atoms with Gasteiger partial charge in [-0.05, 0) is 68.5 Å². The first-order valence-corrected chi connectivity index (χ1v) is 14.7. The molecule has 1 aliphatic rings. The lowest BCUT2D eigenvalue weighted by Gasteiger charge is -2.31. The molecular weight excluding hydrogens is 528 g/mol. The van der Waals surface area contributed by atoms with Crippen LogP contribution in [0, 0.1) is 5.92 Å². The van der Waals surface area contributed by atoms with Crippen LogP contribution in [-0.4, -0.2) is 67.8 Å². The number of hydrogen-bond donors (Lipinski definition) is 1. The maximum absolute atomic E-state index is 12.5. The quantitative estimate of drug-likeness (QED) is 0.212. The predicted octanol–water partition coefficient (Wildman–Crippen LogP) is 6.00. The second-order valence-corrected chi connectivity index (χ2v) is 10.8. The minimum Gasteiger partial charge on any atom is -0.493 e. The van der Waals surface area contributed by atoms with Crippen molar-refractivity contribution < 1.29 is 19.0 Å². The average Bonchev–Trinajstić information content (AvgIpc) is 3.03. The highest BCUT2D eigenvalue weighted by atomic mass is 16.5. The molecule has 3 aromatic carbocycles. The summed E-state index contributed by atoms with van der Waals surface area (Å²) in [4.78, 5) is 24.0. The van der Waals surface area contributed by atoms with Crippen LogP contribution in [0.4, 0.5) is 5.69 Å². The van der Waals surface area contributed by atoms with Gasteiger partial charge in [0.25, 0.3) is 0 Å². The SMILES string of the molecule is COCCN1CCC(COc2cc3ncnc(-c4ccc(NC(=O)CCCc5ccccc5)cc4)c3cc2OC)CC1. The third kappa shape index (κ3) is 7.84. The lowest BCUT2D eigenvalue weighted by molar-refractivity contribution is -0.116. The molecule has 0 unspecified atom stereocenters. The summed E-state index contributed by atoms with van der Waals surface area (Å²) in [7, 11) is 3.40. The van der Waals surface area contributed by atoms with E-state index >= 15 is 0 Å². The van der Waals surface area contributed by atoms with Gasteiger partial charge in [-0.1, -0.05) is 42.5 Å². The Balaban J connectivity index is 1.20. The number of piperidine rings is 1. The summed E-state index contributed by atoms with van der Waals surface area (Å²) in [6, 6.07) is 21.9. The summed E-state index contributed by atoms with van der Waals surface area (Å²) in [6.07, 6.45) is 5.96. The number of fused-ring (bicyclic) bond motifs is 1. The first-order chi connectivity index (χ1) is 20.6. The molecule has 1 N–H and O–H groups in total. The highest BCUT2D eigenvalue weighted by Gasteiger charge is 2.21. The van der Waals surface area contributed by atoms with Crippen LogP contribution in [0.5, 0.6) is 11.5 Å². The van der Waals surface area contributed by atoms with Crippen molar-refractivity contribution in [3.8, 4) is 22.8 Å². The molecule has 0 radical (unpaired) electrons. The van der Waals surface area contributed by atoms with Gasteiger partial charge in [0.2, 0.25) is 5.91 Å². The maximum Gasteiger partial charge on any atom is 0.224 e. The van der Waals surface area contributed by atoms with Gasteiger partial charge in [0.15, 0.2) is 11.5 Å². The molecule has 5 rings (SSSR count). The fourth-order valence-corrected chi connectivity index (χ4v) is 5.40. The van der Waals surface area contributed by atoms with Gasteiger partial charge >= 0.3 is 0 Å². The Morgan fingerprint density at radius 3 is 2.50 bits per heavy atom. The topological polar surface area (TPSA) is 85.8 Å². The molecule has 0 aliphatic carbocycles. The second-order valence-electron chi connectivity index (χ2n) is 10.8. The normalized spacial score (nSPS) is 14.1. The van der Waals surface area contributed by atoms with E-state index in [2.05, 4.69) is 32.3 Å². The van der Waals surface area contributed by atoms with E-state index in [0.717, 1.165) is 79.8 Å². The minimum atomic E-state index is 0.0140. The molecule has 0 spiro atoms. The zero-order chi connectivity index (χ0) is 29.1. The molecule has 1 saturated heterocycles. The Bertz CT molecular complexity index is 1440. The lowest BCUT2D eigenvalue weighted by atomic mass is 9.98. The van der Waals surface area contributed by atoms with Crippen molar-refractivity contribution >= 4 is 22.5 Å². The summed E-state index contributed by atoms with van der Waals surface area (Å²) in [5.74, 6) is 1.88. The standard InChI is InChI=1S/C34H40N4O4/c1-40-20-19-38-17-15-26(16-18-38)23-42-32-22-30-29(21-31(32)41-2)34(36-24-35-30)27-11-13-28(14-12-27)37-33(39)10-6-9-25-7-4-3-5-8-25/h3-5,7-8,11-14,21-22,24,26H,6,9-10,15-20,23H2,1-2H3,(H,37,39). The maximum atomic E-state index is 12.5. The van der Waals surface area contributed by atoms with E-state index in [1.54, 1.807) is 20.5 Å². The zero-order valence-electron chi connectivity index (χ0n) is 24.6. The minimum absolute atomic E-state index is 0.0140. The smallest absolute Gasteiger partial charge is 0.224 e. The summed E-state index contributed by atoms with van der Waals surface area (Å²) >= 11 is 0. The summed E-state index contributed by atoms with van der Waals surface area (Å²) in [5, 5.41) is 3.89. The molecule has 1 aromatic heterocycles. The van der Waals surface area contributed by atoms with Crippen molar-refractivity contribution in [2.45, 2.75) is 32.1 Å². The Hall–Kier alpha value is -4.01. The summed E-state index contributed by atoms with van der Waals surface area (Å²) < 4.78 is 17.2. The Morgan fingerprint density at radius 1 is 0.976 bits per heavy atom. The van der Waals surface area contributed by atoms with E-state index < -0.39 is 0 Å². The van der Waals surface area contributed by atoms with Crippen molar-refractivity contribution in [2.75, 3.05) is 52.4 Å². The molecule has 0 atom stereocenters. The summed E-state index contributed by atoms with van der Waals surface area (Å²) in [6.45, 7) is 4.54. The number of nitrogens with one attached hydrogen (secondary N) is 1. The molecule has 1 aliphatic heterocycles. The number of aryl methyl sites for hydroxylation is 1. The van der Waals surface area contributed by atoms with Gasteiger partial charge in [-0.25, -0.2) is 9.97 Å². The molecule has 1 amide bonds. The van der Waals surface area contributed by atoms with E-state index in [1.165, 1.54) is 5.56 Å². The van der Waals surface area contributed by atoms with Crippen molar-refractivity contribution in [3.63, 3.8) is 0 Å². The lowest BCUT2D eigenvalue weighted by Crippen LogP contribution is -2.37. The number of anilines is 1. The van der Waals surface area contributed by atoms with Crippen LogP contribution in [0.15, 0.2) is 73.1 Å². The zero-order valence-corrected chi connectivity index (χ0v) is 24.6. The van der Waals surface area contributed by atoms with Crippen LogP contribution in [0.1, 0.15) is 31.2 Å². The Labute approximate surface area is 248 Å². The number of amides is 1. The van der Waals surface area contributed by atoms with Crippen molar-refractivity contribution in [1.29, 1.82) is 0 Å². The number of ether oxygens (including phenoxy) is 3. The molecule has 0 bridgehead atoms. The van der Waals surface area contributed by atoms with Crippen molar-refractivity contribution in [1.82, 2.24) is 14.9 Å². The van der Waals surface area contributed by atoms with Crippen LogP contribution in [0.25, 0.3) is 22.2 Å². The number of rotatable bonds is 13. The van der Waals surface area contributed by atoms with E-state index in [9.17, 15) is 4.79 Å². The largest absolute Gasteiger partial charge is 0.493 e. The first kappa shape index (κ1) is 29.5. The van der Waals surface area contributed by atoms with Gasteiger partial charge in [0.1, 0.15) is 6.33 Å². The molecule has 2 heterocycles. The van der Waals surface area contributed by atoms with Gasteiger partial charge in [-0.15, -0.1) is 0 Å². The van der Waals surface area contributed by atoms with E-state index in [0.29, 0.717) is 30.4 Å². The van der Waals surface area contributed by atoms with Crippen LogP contribution in [-0.2, 0) is 16.0 Å². The fraction of sp³-hybridized carbons (Fsp3) is 0.382. The number of carbonyl (C=O) groups is 1.